The number of nitrogens with one attached hydrogen (secondary N) is 2. The van der Waals surface area contributed by atoms with Gasteiger partial charge in [-0.25, -0.2) is 4.79 Å². The molecule has 1 aromatic heterocycles. The lowest BCUT2D eigenvalue weighted by Gasteiger charge is -2.24. The van der Waals surface area contributed by atoms with Gasteiger partial charge in [0.05, 0.1) is 17.9 Å². The average Bonchev–Trinajstić information content (AvgIpc) is 3.08. The molecule has 0 saturated heterocycles. The highest BCUT2D eigenvalue weighted by Gasteiger charge is 2.25. The number of amides is 2. The number of benzene rings is 1. The molecule has 2 amide bonds. The van der Waals surface area contributed by atoms with Crippen LogP contribution in [0.2, 0.25) is 0 Å². The van der Waals surface area contributed by atoms with E-state index < -0.39 is 5.60 Å². The molecular formula is C17H23N3O2S. The van der Waals surface area contributed by atoms with Gasteiger partial charge in [-0.05, 0) is 37.4 Å². The molecular weight excluding hydrogens is 310 g/mol. The summed E-state index contributed by atoms with van der Waals surface area (Å²) in [5.41, 5.74) is 0.617. The molecule has 0 bridgehead atoms. The number of carbonyl (C=O) groups excluding carboxylic acids is 1. The van der Waals surface area contributed by atoms with Gasteiger partial charge < -0.3 is 20.6 Å². The molecule has 3 N–H and O–H groups in total. The number of hydrogen-bond acceptors (Lipinski definition) is 4. The first kappa shape index (κ1) is 17.3. The standard InChI is InChI=1S/C17H23N3O2S/c1-4-20(3)14-9-6-5-8-13(14)19-16(21)18-12-17(2,22)15-10-7-11-23-15/h5-11,22H,4,12H2,1-3H3,(H2,18,19,21). The largest absolute Gasteiger partial charge is 0.383 e. The predicted octanol–water partition coefficient (Wildman–Crippen LogP) is 3.23. The van der Waals surface area contributed by atoms with Gasteiger partial charge in [0, 0.05) is 18.5 Å². The number of urea groups is 1. The van der Waals surface area contributed by atoms with Gasteiger partial charge in [0.25, 0.3) is 0 Å². The summed E-state index contributed by atoms with van der Waals surface area (Å²) in [6, 6.07) is 11.0. The number of thiophene rings is 1. The Hall–Kier alpha value is -2.05. The van der Waals surface area contributed by atoms with Gasteiger partial charge >= 0.3 is 6.03 Å². The van der Waals surface area contributed by atoms with Crippen LogP contribution >= 0.6 is 11.3 Å². The maximum Gasteiger partial charge on any atom is 0.319 e. The van der Waals surface area contributed by atoms with Crippen molar-refractivity contribution in [2.45, 2.75) is 19.4 Å². The molecule has 2 rings (SSSR count). The van der Waals surface area contributed by atoms with Crippen molar-refractivity contribution in [3.05, 3.63) is 46.7 Å². The summed E-state index contributed by atoms with van der Waals surface area (Å²) in [6.45, 7) is 4.73. The molecule has 124 valence electrons. The lowest BCUT2D eigenvalue weighted by Crippen LogP contribution is -2.40. The van der Waals surface area contributed by atoms with Crippen molar-refractivity contribution < 1.29 is 9.90 Å². The van der Waals surface area contributed by atoms with Gasteiger partial charge in [0.1, 0.15) is 5.60 Å². The van der Waals surface area contributed by atoms with Crippen LogP contribution in [0.15, 0.2) is 41.8 Å². The first-order valence-electron chi connectivity index (χ1n) is 7.55. The second-order valence-electron chi connectivity index (χ2n) is 5.59. The van der Waals surface area contributed by atoms with Gasteiger partial charge in [-0.3, -0.25) is 0 Å². The fraction of sp³-hybridized carbons (Fsp3) is 0.353. The predicted molar refractivity (Wildman–Crippen MR) is 96.3 cm³/mol. The van der Waals surface area contributed by atoms with Crippen LogP contribution in [0, 0.1) is 0 Å². The van der Waals surface area contributed by atoms with Gasteiger partial charge in [-0.2, -0.15) is 0 Å². The minimum absolute atomic E-state index is 0.144. The van der Waals surface area contributed by atoms with Crippen LogP contribution < -0.4 is 15.5 Å². The van der Waals surface area contributed by atoms with Crippen molar-refractivity contribution in [1.29, 1.82) is 0 Å². The monoisotopic (exact) mass is 333 g/mol. The number of carbonyl (C=O) groups is 1. The Morgan fingerprint density at radius 1 is 1.30 bits per heavy atom. The molecule has 2 aromatic rings. The lowest BCUT2D eigenvalue weighted by atomic mass is 10.1. The van der Waals surface area contributed by atoms with Crippen LogP contribution in [0.1, 0.15) is 18.7 Å². The summed E-state index contributed by atoms with van der Waals surface area (Å²) in [5.74, 6) is 0. The molecule has 5 nitrogen and oxygen atoms in total. The first-order chi connectivity index (χ1) is 10.9. The molecule has 1 heterocycles. The molecule has 23 heavy (non-hydrogen) atoms. The van der Waals surface area contributed by atoms with E-state index in [2.05, 4.69) is 22.5 Å². The van der Waals surface area contributed by atoms with Gasteiger partial charge in [-0.1, -0.05) is 18.2 Å². The van der Waals surface area contributed by atoms with E-state index in [1.807, 2.05) is 48.8 Å². The van der Waals surface area contributed by atoms with E-state index in [1.165, 1.54) is 11.3 Å². The Kier molecular flexibility index (Phi) is 5.63. The first-order valence-corrected chi connectivity index (χ1v) is 8.43. The lowest BCUT2D eigenvalue weighted by molar-refractivity contribution is 0.0637. The molecule has 0 aliphatic heterocycles. The summed E-state index contributed by atoms with van der Waals surface area (Å²) >= 11 is 1.47. The third-order valence-corrected chi connectivity index (χ3v) is 4.81. The molecule has 0 saturated carbocycles. The average molecular weight is 333 g/mol. The zero-order chi connectivity index (χ0) is 16.9. The van der Waals surface area contributed by atoms with E-state index in [4.69, 9.17) is 0 Å². The maximum absolute atomic E-state index is 12.1. The number of anilines is 2. The van der Waals surface area contributed by atoms with E-state index in [1.54, 1.807) is 6.92 Å². The molecule has 0 aliphatic carbocycles. The fourth-order valence-electron chi connectivity index (χ4n) is 2.17. The third-order valence-electron chi connectivity index (χ3n) is 3.68. The van der Waals surface area contributed by atoms with Crippen molar-refractivity contribution in [3.63, 3.8) is 0 Å². The van der Waals surface area contributed by atoms with Crippen LogP contribution in [-0.2, 0) is 5.60 Å². The van der Waals surface area contributed by atoms with E-state index >= 15 is 0 Å². The molecule has 1 atom stereocenters. The van der Waals surface area contributed by atoms with Crippen LogP contribution in [0.3, 0.4) is 0 Å². The topological polar surface area (TPSA) is 64.6 Å². The van der Waals surface area contributed by atoms with Crippen molar-refractivity contribution in [2.24, 2.45) is 0 Å². The minimum Gasteiger partial charge on any atom is -0.383 e. The van der Waals surface area contributed by atoms with Crippen LogP contribution in [0.4, 0.5) is 16.2 Å². The number of rotatable bonds is 6. The Labute approximate surface area is 140 Å². The smallest absolute Gasteiger partial charge is 0.319 e. The normalized spacial score (nSPS) is 13.2. The second-order valence-corrected chi connectivity index (χ2v) is 6.54. The molecule has 1 unspecified atom stereocenters. The maximum atomic E-state index is 12.1. The zero-order valence-electron chi connectivity index (χ0n) is 13.7. The van der Waals surface area contributed by atoms with Crippen LogP contribution in [-0.4, -0.2) is 31.3 Å². The molecule has 0 fully saturated rings. The molecule has 6 heteroatoms. The highest BCUT2D eigenvalue weighted by atomic mass is 32.1. The fourth-order valence-corrected chi connectivity index (χ4v) is 2.96. The van der Waals surface area contributed by atoms with Gasteiger partial charge in [0.15, 0.2) is 0 Å². The highest BCUT2D eigenvalue weighted by molar-refractivity contribution is 7.10. The summed E-state index contributed by atoms with van der Waals surface area (Å²) in [7, 11) is 1.97. The van der Waals surface area contributed by atoms with Gasteiger partial charge in [-0.15, -0.1) is 11.3 Å². The van der Waals surface area contributed by atoms with Crippen LogP contribution in [0.5, 0.6) is 0 Å². The van der Waals surface area contributed by atoms with E-state index in [9.17, 15) is 9.90 Å². The molecule has 1 aromatic carbocycles. The Bertz CT molecular complexity index is 641. The molecule has 0 aliphatic rings. The van der Waals surface area contributed by atoms with Crippen LogP contribution in [0.25, 0.3) is 0 Å². The Morgan fingerprint density at radius 3 is 2.70 bits per heavy atom. The Morgan fingerprint density at radius 2 is 2.04 bits per heavy atom. The van der Waals surface area contributed by atoms with Crippen molar-refractivity contribution in [1.82, 2.24) is 5.32 Å². The minimum atomic E-state index is -1.08. The summed E-state index contributed by atoms with van der Waals surface area (Å²) in [6.07, 6.45) is 0. The quantitative estimate of drug-likeness (QED) is 0.760. The Balaban J connectivity index is 1.98. The van der Waals surface area contributed by atoms with Crippen molar-refractivity contribution in [3.8, 4) is 0 Å². The summed E-state index contributed by atoms with van der Waals surface area (Å²) in [5, 5.41) is 17.9. The highest BCUT2D eigenvalue weighted by Crippen LogP contribution is 2.25. The van der Waals surface area contributed by atoms with E-state index in [0.29, 0.717) is 0 Å². The molecule has 0 radical (unpaired) electrons. The zero-order valence-corrected chi connectivity index (χ0v) is 14.5. The van der Waals surface area contributed by atoms with Gasteiger partial charge in [0.2, 0.25) is 0 Å². The number of para-hydroxylation sites is 2. The second kappa shape index (κ2) is 7.48. The molecule has 0 spiro atoms. The third kappa shape index (κ3) is 4.46. The SMILES string of the molecule is CCN(C)c1ccccc1NC(=O)NCC(C)(O)c1cccs1. The van der Waals surface area contributed by atoms with Crippen molar-refractivity contribution >= 4 is 28.7 Å². The number of nitrogens with zero attached hydrogens (tertiary/aromatic N) is 1. The summed E-state index contributed by atoms with van der Waals surface area (Å²) in [4.78, 5) is 15.0. The number of aliphatic hydroxyl groups is 1. The van der Waals surface area contributed by atoms with E-state index in [0.717, 1.165) is 22.8 Å². The number of hydrogen-bond donors (Lipinski definition) is 3. The summed E-state index contributed by atoms with van der Waals surface area (Å²) < 4.78 is 0. The van der Waals surface area contributed by atoms with Crippen molar-refractivity contribution in [2.75, 3.05) is 30.4 Å². The van der Waals surface area contributed by atoms with E-state index in [-0.39, 0.29) is 12.6 Å².